The van der Waals surface area contributed by atoms with Crippen molar-refractivity contribution < 1.29 is 0 Å². The number of nitrogens with one attached hydrogen (secondary N) is 1. The van der Waals surface area contributed by atoms with Gasteiger partial charge >= 0.3 is 0 Å². The van der Waals surface area contributed by atoms with Crippen LogP contribution in [0.2, 0.25) is 5.02 Å². The second kappa shape index (κ2) is 7.41. The van der Waals surface area contributed by atoms with Gasteiger partial charge in [0, 0.05) is 34.2 Å². The SMILES string of the molecule is Clc1cccc(Nc2ccn3ncc(-c4cnn(Cc5ccccc5)c4)c3n2)c1. The van der Waals surface area contributed by atoms with Gasteiger partial charge in [0.2, 0.25) is 0 Å². The second-order valence-electron chi connectivity index (χ2n) is 6.69. The summed E-state index contributed by atoms with van der Waals surface area (Å²) >= 11 is 6.07. The van der Waals surface area contributed by atoms with E-state index in [9.17, 15) is 0 Å². The summed E-state index contributed by atoms with van der Waals surface area (Å²) in [6.07, 6.45) is 7.56. The molecule has 5 rings (SSSR count). The Kier molecular flexibility index (Phi) is 4.46. The van der Waals surface area contributed by atoms with Crippen LogP contribution in [0.1, 0.15) is 5.56 Å². The minimum atomic E-state index is 0.673. The molecule has 1 N–H and O–H groups in total. The molecule has 0 amide bonds. The highest BCUT2D eigenvalue weighted by Gasteiger charge is 2.11. The zero-order valence-electron chi connectivity index (χ0n) is 15.4. The molecule has 5 aromatic rings. The lowest BCUT2D eigenvalue weighted by Gasteiger charge is -2.06. The molecule has 29 heavy (non-hydrogen) atoms. The summed E-state index contributed by atoms with van der Waals surface area (Å²) in [6.45, 7) is 0.717. The van der Waals surface area contributed by atoms with E-state index in [2.05, 4.69) is 27.6 Å². The van der Waals surface area contributed by atoms with Gasteiger partial charge in [0.15, 0.2) is 5.65 Å². The van der Waals surface area contributed by atoms with Crippen molar-refractivity contribution >= 4 is 28.8 Å². The van der Waals surface area contributed by atoms with Crippen molar-refractivity contribution in [1.82, 2.24) is 24.4 Å². The maximum Gasteiger partial charge on any atom is 0.165 e. The van der Waals surface area contributed by atoms with Gasteiger partial charge in [-0.3, -0.25) is 4.68 Å². The van der Waals surface area contributed by atoms with Gasteiger partial charge < -0.3 is 5.32 Å². The molecule has 0 radical (unpaired) electrons. The number of nitrogens with zero attached hydrogens (tertiary/aromatic N) is 5. The predicted octanol–water partition coefficient (Wildman–Crippen LogP) is 5.04. The summed E-state index contributed by atoms with van der Waals surface area (Å²) in [5.41, 5.74) is 4.75. The molecule has 0 unspecified atom stereocenters. The van der Waals surface area contributed by atoms with Crippen LogP contribution in [-0.2, 0) is 6.54 Å². The van der Waals surface area contributed by atoms with E-state index >= 15 is 0 Å². The van der Waals surface area contributed by atoms with Crippen LogP contribution in [0.3, 0.4) is 0 Å². The van der Waals surface area contributed by atoms with Crippen molar-refractivity contribution in [2.24, 2.45) is 0 Å². The summed E-state index contributed by atoms with van der Waals surface area (Å²) in [6, 6.07) is 19.7. The molecule has 0 saturated heterocycles. The lowest BCUT2D eigenvalue weighted by atomic mass is 10.2. The second-order valence-corrected chi connectivity index (χ2v) is 7.12. The van der Waals surface area contributed by atoms with Crippen LogP contribution in [0, 0.1) is 0 Å². The van der Waals surface area contributed by atoms with Crippen LogP contribution in [0.5, 0.6) is 0 Å². The molecule has 7 heteroatoms. The van der Waals surface area contributed by atoms with E-state index in [-0.39, 0.29) is 0 Å². The molecule has 0 spiro atoms. The molecule has 0 aliphatic rings. The lowest BCUT2D eigenvalue weighted by molar-refractivity contribution is 0.687. The monoisotopic (exact) mass is 400 g/mol. The molecule has 0 aliphatic carbocycles. The molecule has 0 aliphatic heterocycles. The third kappa shape index (κ3) is 3.70. The Bertz CT molecular complexity index is 1270. The number of fused-ring (bicyclic) bond motifs is 1. The maximum atomic E-state index is 6.07. The van der Waals surface area contributed by atoms with Gasteiger partial charge in [-0.2, -0.15) is 10.2 Å². The van der Waals surface area contributed by atoms with Crippen molar-refractivity contribution in [2.75, 3.05) is 5.32 Å². The highest BCUT2D eigenvalue weighted by atomic mass is 35.5. The maximum absolute atomic E-state index is 6.07. The minimum absolute atomic E-state index is 0.673. The van der Waals surface area contributed by atoms with Crippen molar-refractivity contribution in [3.63, 3.8) is 0 Å². The van der Waals surface area contributed by atoms with Crippen molar-refractivity contribution in [3.8, 4) is 11.1 Å². The summed E-state index contributed by atoms with van der Waals surface area (Å²) in [4.78, 5) is 4.74. The van der Waals surface area contributed by atoms with Crippen molar-refractivity contribution in [2.45, 2.75) is 6.54 Å². The summed E-state index contributed by atoms with van der Waals surface area (Å²) in [7, 11) is 0. The van der Waals surface area contributed by atoms with Crippen LogP contribution in [-0.4, -0.2) is 24.4 Å². The largest absolute Gasteiger partial charge is 0.340 e. The highest BCUT2D eigenvalue weighted by Crippen LogP contribution is 2.25. The van der Waals surface area contributed by atoms with Gasteiger partial charge in [-0.1, -0.05) is 48.0 Å². The van der Waals surface area contributed by atoms with Crippen molar-refractivity contribution in [1.29, 1.82) is 0 Å². The van der Waals surface area contributed by atoms with E-state index in [0.29, 0.717) is 5.02 Å². The Morgan fingerprint density at radius 1 is 0.931 bits per heavy atom. The van der Waals surface area contributed by atoms with E-state index in [1.807, 2.05) is 78.0 Å². The number of benzene rings is 2. The molecular formula is C22H17ClN6. The molecule has 3 heterocycles. The van der Waals surface area contributed by atoms with Crippen LogP contribution in [0.25, 0.3) is 16.8 Å². The van der Waals surface area contributed by atoms with E-state index in [1.165, 1.54) is 5.56 Å². The molecular weight excluding hydrogens is 384 g/mol. The van der Waals surface area contributed by atoms with Gasteiger partial charge in [0.1, 0.15) is 5.82 Å². The molecule has 0 atom stereocenters. The van der Waals surface area contributed by atoms with Crippen LogP contribution < -0.4 is 5.32 Å². The number of hydrogen-bond donors (Lipinski definition) is 1. The van der Waals surface area contributed by atoms with Crippen LogP contribution >= 0.6 is 11.6 Å². The van der Waals surface area contributed by atoms with E-state index < -0.39 is 0 Å². The molecule has 142 valence electrons. The molecule has 0 saturated carbocycles. The first-order valence-corrected chi connectivity index (χ1v) is 9.56. The average Bonchev–Trinajstić information content (AvgIpc) is 3.35. The third-order valence-electron chi connectivity index (χ3n) is 4.60. The van der Waals surface area contributed by atoms with Gasteiger partial charge in [0.25, 0.3) is 0 Å². The Labute approximate surface area is 172 Å². The molecule has 3 aromatic heterocycles. The topological polar surface area (TPSA) is 60.0 Å². The summed E-state index contributed by atoms with van der Waals surface area (Å²) in [5, 5.41) is 12.9. The fraction of sp³-hybridized carbons (Fsp3) is 0.0455. The Balaban J connectivity index is 1.45. The first kappa shape index (κ1) is 17.5. The molecule has 0 bridgehead atoms. The van der Waals surface area contributed by atoms with Gasteiger partial charge in [-0.15, -0.1) is 0 Å². The Morgan fingerprint density at radius 2 is 1.83 bits per heavy atom. The predicted molar refractivity (Wildman–Crippen MR) is 114 cm³/mol. The smallest absolute Gasteiger partial charge is 0.165 e. The first-order valence-electron chi connectivity index (χ1n) is 9.18. The number of aromatic nitrogens is 5. The van der Waals surface area contributed by atoms with E-state index in [0.717, 1.165) is 34.8 Å². The minimum Gasteiger partial charge on any atom is -0.340 e. The standard InChI is InChI=1S/C22H17ClN6/c23-18-7-4-8-19(11-18)26-21-9-10-29-22(27-21)20(13-25-29)17-12-24-28(15-17)14-16-5-2-1-3-6-16/h1-13,15H,14H2,(H,26,27). The molecule has 0 fully saturated rings. The quantitative estimate of drug-likeness (QED) is 0.449. The fourth-order valence-corrected chi connectivity index (χ4v) is 3.41. The highest BCUT2D eigenvalue weighted by molar-refractivity contribution is 6.30. The Morgan fingerprint density at radius 3 is 2.69 bits per heavy atom. The van der Waals surface area contributed by atoms with Gasteiger partial charge in [0.05, 0.1) is 18.9 Å². The van der Waals surface area contributed by atoms with Gasteiger partial charge in [-0.25, -0.2) is 9.50 Å². The number of hydrogen-bond acceptors (Lipinski definition) is 4. The van der Waals surface area contributed by atoms with Gasteiger partial charge in [-0.05, 0) is 29.8 Å². The van der Waals surface area contributed by atoms with E-state index in [4.69, 9.17) is 16.6 Å². The lowest BCUT2D eigenvalue weighted by Crippen LogP contribution is -1.99. The third-order valence-corrected chi connectivity index (χ3v) is 4.83. The van der Waals surface area contributed by atoms with Crippen molar-refractivity contribution in [3.05, 3.63) is 96.0 Å². The zero-order valence-corrected chi connectivity index (χ0v) is 16.2. The number of anilines is 2. The molecule has 2 aromatic carbocycles. The number of rotatable bonds is 5. The van der Waals surface area contributed by atoms with E-state index in [1.54, 1.807) is 4.52 Å². The first-order chi connectivity index (χ1) is 14.2. The zero-order chi connectivity index (χ0) is 19.6. The van der Waals surface area contributed by atoms with Crippen LogP contribution in [0.15, 0.2) is 85.5 Å². The number of halogens is 1. The van der Waals surface area contributed by atoms with Crippen LogP contribution in [0.4, 0.5) is 11.5 Å². The fourth-order valence-electron chi connectivity index (χ4n) is 3.22. The molecule has 6 nitrogen and oxygen atoms in total. The summed E-state index contributed by atoms with van der Waals surface area (Å²) < 4.78 is 3.68. The average molecular weight is 401 g/mol. The Hall–Kier alpha value is -3.64. The normalized spacial score (nSPS) is 11.1. The summed E-state index contributed by atoms with van der Waals surface area (Å²) in [5.74, 6) is 0.721.